The van der Waals surface area contributed by atoms with Crippen molar-refractivity contribution in [2.45, 2.75) is 26.5 Å². The minimum atomic E-state index is 0.301. The van der Waals surface area contributed by atoms with E-state index in [9.17, 15) is 0 Å². The van der Waals surface area contributed by atoms with Crippen LogP contribution in [0.2, 0.25) is 0 Å². The van der Waals surface area contributed by atoms with Crippen molar-refractivity contribution in [1.29, 1.82) is 0 Å². The van der Waals surface area contributed by atoms with Gasteiger partial charge in [-0.2, -0.15) is 0 Å². The topological polar surface area (TPSA) is 34.4 Å². The molecule has 0 atom stereocenters. The van der Waals surface area contributed by atoms with Crippen LogP contribution in [0.15, 0.2) is 21.2 Å². The van der Waals surface area contributed by atoms with Crippen molar-refractivity contribution in [2.75, 3.05) is 13.2 Å². The SMILES string of the molecule is CC(C)OCCNCc1ccc(Br)o1. The van der Waals surface area contributed by atoms with E-state index >= 15 is 0 Å². The monoisotopic (exact) mass is 261 g/mol. The first-order chi connectivity index (χ1) is 6.68. The molecule has 1 aromatic rings. The van der Waals surface area contributed by atoms with E-state index in [1.165, 1.54) is 0 Å². The van der Waals surface area contributed by atoms with Crippen molar-refractivity contribution in [3.05, 3.63) is 22.6 Å². The number of halogens is 1. The van der Waals surface area contributed by atoms with Crippen LogP contribution < -0.4 is 5.32 Å². The predicted octanol–water partition coefficient (Wildman–Crippen LogP) is 2.56. The van der Waals surface area contributed by atoms with Gasteiger partial charge in [0.05, 0.1) is 19.3 Å². The molecule has 0 bridgehead atoms. The molecule has 0 saturated heterocycles. The Labute approximate surface area is 92.9 Å². The van der Waals surface area contributed by atoms with Crippen molar-refractivity contribution >= 4 is 15.9 Å². The summed E-state index contributed by atoms with van der Waals surface area (Å²) < 4.78 is 11.5. The molecule has 1 aromatic heterocycles. The summed E-state index contributed by atoms with van der Waals surface area (Å²) in [6.07, 6.45) is 0.301. The van der Waals surface area contributed by atoms with Gasteiger partial charge in [-0.25, -0.2) is 0 Å². The van der Waals surface area contributed by atoms with Crippen molar-refractivity contribution < 1.29 is 9.15 Å². The third-order valence-corrected chi connectivity index (χ3v) is 2.08. The third kappa shape index (κ3) is 4.79. The zero-order chi connectivity index (χ0) is 10.4. The Hall–Kier alpha value is -0.320. The molecule has 0 fully saturated rings. The Balaban J connectivity index is 2.04. The predicted molar refractivity (Wildman–Crippen MR) is 59.2 cm³/mol. The molecule has 0 aliphatic heterocycles. The van der Waals surface area contributed by atoms with E-state index in [-0.39, 0.29) is 0 Å². The second-order valence-electron chi connectivity index (χ2n) is 3.30. The molecule has 0 unspecified atom stereocenters. The zero-order valence-electron chi connectivity index (χ0n) is 8.55. The van der Waals surface area contributed by atoms with E-state index in [0.717, 1.165) is 30.1 Å². The Morgan fingerprint density at radius 1 is 1.50 bits per heavy atom. The highest BCUT2D eigenvalue weighted by atomic mass is 79.9. The zero-order valence-corrected chi connectivity index (χ0v) is 10.1. The molecule has 1 rings (SSSR count). The average molecular weight is 262 g/mol. The molecule has 0 spiro atoms. The Kier molecular flexibility index (Phi) is 5.22. The fourth-order valence-corrected chi connectivity index (χ4v) is 1.37. The molecule has 14 heavy (non-hydrogen) atoms. The van der Waals surface area contributed by atoms with Crippen LogP contribution in [-0.4, -0.2) is 19.3 Å². The smallest absolute Gasteiger partial charge is 0.169 e. The number of hydrogen-bond acceptors (Lipinski definition) is 3. The van der Waals surface area contributed by atoms with E-state index in [4.69, 9.17) is 9.15 Å². The van der Waals surface area contributed by atoms with E-state index < -0.39 is 0 Å². The fraction of sp³-hybridized carbons (Fsp3) is 0.600. The number of nitrogens with one attached hydrogen (secondary N) is 1. The quantitative estimate of drug-likeness (QED) is 0.800. The molecule has 4 heteroatoms. The van der Waals surface area contributed by atoms with Crippen LogP contribution in [0.3, 0.4) is 0 Å². The first-order valence-corrected chi connectivity index (χ1v) is 5.54. The van der Waals surface area contributed by atoms with E-state index in [2.05, 4.69) is 21.2 Å². The maximum atomic E-state index is 5.38. The summed E-state index contributed by atoms with van der Waals surface area (Å²) in [6.45, 7) is 6.39. The van der Waals surface area contributed by atoms with Crippen LogP contribution in [0.25, 0.3) is 0 Å². The summed E-state index contributed by atoms with van der Waals surface area (Å²) in [5.74, 6) is 0.932. The molecule has 1 N–H and O–H groups in total. The first-order valence-electron chi connectivity index (χ1n) is 4.75. The van der Waals surface area contributed by atoms with Crippen molar-refractivity contribution in [2.24, 2.45) is 0 Å². The van der Waals surface area contributed by atoms with Gasteiger partial charge < -0.3 is 14.5 Å². The Morgan fingerprint density at radius 3 is 2.86 bits per heavy atom. The second kappa shape index (κ2) is 6.22. The van der Waals surface area contributed by atoms with Gasteiger partial charge in [0, 0.05) is 6.54 Å². The summed E-state index contributed by atoms with van der Waals surface area (Å²) in [5.41, 5.74) is 0. The summed E-state index contributed by atoms with van der Waals surface area (Å²) in [6, 6.07) is 3.84. The second-order valence-corrected chi connectivity index (χ2v) is 4.08. The molecule has 80 valence electrons. The van der Waals surface area contributed by atoms with Gasteiger partial charge in [0.1, 0.15) is 5.76 Å². The summed E-state index contributed by atoms with van der Waals surface area (Å²) in [7, 11) is 0. The highest BCUT2D eigenvalue weighted by molar-refractivity contribution is 9.10. The molecule has 1 heterocycles. The number of rotatable bonds is 6. The minimum absolute atomic E-state index is 0.301. The van der Waals surface area contributed by atoms with Crippen LogP contribution in [0.5, 0.6) is 0 Å². The van der Waals surface area contributed by atoms with Crippen LogP contribution >= 0.6 is 15.9 Å². The molecular weight excluding hydrogens is 246 g/mol. The van der Waals surface area contributed by atoms with Gasteiger partial charge in [-0.05, 0) is 41.9 Å². The molecule has 0 radical (unpaired) electrons. The number of furan rings is 1. The van der Waals surface area contributed by atoms with Gasteiger partial charge in [0.15, 0.2) is 4.67 Å². The standard InChI is InChI=1S/C10H16BrNO2/c1-8(2)13-6-5-12-7-9-3-4-10(11)14-9/h3-4,8,12H,5-7H2,1-2H3. The van der Waals surface area contributed by atoms with Gasteiger partial charge in [0.2, 0.25) is 0 Å². The maximum Gasteiger partial charge on any atom is 0.169 e. The summed E-state index contributed by atoms with van der Waals surface area (Å²) in [5, 5.41) is 3.23. The lowest BCUT2D eigenvalue weighted by atomic mass is 10.4. The Morgan fingerprint density at radius 2 is 2.29 bits per heavy atom. The highest BCUT2D eigenvalue weighted by Gasteiger charge is 1.98. The van der Waals surface area contributed by atoms with Gasteiger partial charge in [-0.3, -0.25) is 0 Å². The van der Waals surface area contributed by atoms with Crippen LogP contribution in [-0.2, 0) is 11.3 Å². The minimum Gasteiger partial charge on any atom is -0.453 e. The molecule has 0 aliphatic rings. The lowest BCUT2D eigenvalue weighted by Crippen LogP contribution is -2.20. The maximum absolute atomic E-state index is 5.38. The fourth-order valence-electron chi connectivity index (χ4n) is 1.03. The van der Waals surface area contributed by atoms with Crippen LogP contribution in [0.4, 0.5) is 0 Å². The van der Waals surface area contributed by atoms with Gasteiger partial charge in [0.25, 0.3) is 0 Å². The molecule has 0 aliphatic carbocycles. The van der Waals surface area contributed by atoms with Gasteiger partial charge >= 0.3 is 0 Å². The molecule has 0 aromatic carbocycles. The number of ether oxygens (including phenoxy) is 1. The van der Waals surface area contributed by atoms with E-state index in [1.54, 1.807) is 0 Å². The number of hydrogen-bond donors (Lipinski definition) is 1. The molecular formula is C10H16BrNO2. The first kappa shape index (κ1) is 11.8. The molecule has 0 saturated carbocycles. The van der Waals surface area contributed by atoms with Crippen LogP contribution in [0.1, 0.15) is 19.6 Å². The van der Waals surface area contributed by atoms with E-state index in [1.807, 2.05) is 26.0 Å². The van der Waals surface area contributed by atoms with Crippen molar-refractivity contribution in [1.82, 2.24) is 5.32 Å². The third-order valence-electron chi connectivity index (χ3n) is 1.66. The van der Waals surface area contributed by atoms with Crippen molar-refractivity contribution in [3.63, 3.8) is 0 Å². The van der Waals surface area contributed by atoms with Gasteiger partial charge in [-0.1, -0.05) is 0 Å². The largest absolute Gasteiger partial charge is 0.453 e. The summed E-state index contributed by atoms with van der Waals surface area (Å²) >= 11 is 3.25. The van der Waals surface area contributed by atoms with E-state index in [0.29, 0.717) is 6.10 Å². The molecule has 0 amide bonds. The lowest BCUT2D eigenvalue weighted by Gasteiger charge is -2.07. The van der Waals surface area contributed by atoms with Gasteiger partial charge in [-0.15, -0.1) is 0 Å². The van der Waals surface area contributed by atoms with Crippen molar-refractivity contribution in [3.8, 4) is 0 Å². The highest BCUT2D eigenvalue weighted by Crippen LogP contribution is 2.13. The normalized spacial score (nSPS) is 11.1. The summed E-state index contributed by atoms with van der Waals surface area (Å²) in [4.78, 5) is 0. The average Bonchev–Trinajstić information content (AvgIpc) is 2.50. The Bertz CT molecular complexity index is 260. The van der Waals surface area contributed by atoms with Crippen LogP contribution in [0, 0.1) is 0 Å². The molecule has 3 nitrogen and oxygen atoms in total. The lowest BCUT2D eigenvalue weighted by molar-refractivity contribution is 0.0805.